The third kappa shape index (κ3) is 6.15. The summed E-state index contributed by atoms with van der Waals surface area (Å²) in [4.78, 5) is 0. The fraction of sp³-hybridized carbons (Fsp3) is 0.333. The summed E-state index contributed by atoms with van der Waals surface area (Å²) in [5, 5.41) is 6.15. The summed E-state index contributed by atoms with van der Waals surface area (Å²) >= 11 is 0. The molecule has 0 aliphatic carbocycles. The summed E-state index contributed by atoms with van der Waals surface area (Å²) in [6.07, 6.45) is 10.0. The number of hydrogen-bond acceptors (Lipinski definition) is 0. The van der Waals surface area contributed by atoms with Crippen molar-refractivity contribution in [2.24, 2.45) is 0 Å². The molecule has 0 radical (unpaired) electrons. The van der Waals surface area contributed by atoms with Gasteiger partial charge in [-0.05, 0) is 84.7 Å². The Kier molecular flexibility index (Phi) is 9.72. The Hall–Kier alpha value is -3.42. The molecule has 4 aromatic carbocycles. The highest BCUT2D eigenvalue weighted by Gasteiger charge is 2.52. The van der Waals surface area contributed by atoms with Crippen LogP contribution < -0.4 is 10.4 Å². The van der Waals surface area contributed by atoms with Crippen LogP contribution in [-0.2, 0) is 6.42 Å². The number of hydrogen-bond donors (Lipinski definition) is 0. The summed E-state index contributed by atoms with van der Waals surface area (Å²) in [6, 6.07) is 37.2. The Bertz CT molecular complexity index is 1540. The predicted molar refractivity (Wildman–Crippen MR) is 192 cm³/mol. The first-order valence-electron chi connectivity index (χ1n) is 16.6. The van der Waals surface area contributed by atoms with Gasteiger partial charge in [-0.2, -0.15) is 0 Å². The first-order valence-corrected chi connectivity index (χ1v) is 18.6. The van der Waals surface area contributed by atoms with Crippen molar-refractivity contribution < 1.29 is 0 Å². The van der Waals surface area contributed by atoms with Gasteiger partial charge in [0, 0.05) is 0 Å². The molecule has 0 fully saturated rings. The smallest absolute Gasteiger partial charge is 0.0654 e. The van der Waals surface area contributed by atoms with Gasteiger partial charge in [-0.3, -0.25) is 0 Å². The molecule has 0 nitrogen and oxygen atoms in total. The second kappa shape index (κ2) is 13.5. The van der Waals surface area contributed by atoms with E-state index in [9.17, 15) is 0 Å². The van der Waals surface area contributed by atoms with Crippen molar-refractivity contribution in [2.45, 2.75) is 91.9 Å². The van der Waals surface area contributed by atoms with Crippen LogP contribution in [0.4, 0.5) is 0 Å². The lowest BCUT2D eigenvalue weighted by atomic mass is 9.89. The molecule has 1 aliphatic rings. The molecule has 0 N–H and O–H groups in total. The lowest BCUT2D eigenvalue weighted by molar-refractivity contribution is 0.717. The summed E-state index contributed by atoms with van der Waals surface area (Å²) < 4.78 is 0. The van der Waals surface area contributed by atoms with Crippen molar-refractivity contribution in [1.82, 2.24) is 0 Å². The van der Waals surface area contributed by atoms with E-state index in [1.165, 1.54) is 74.6 Å². The minimum Gasteiger partial charge on any atom is -0.0654 e. The lowest BCUT2D eigenvalue weighted by Gasteiger charge is -2.47. The molecule has 1 heterocycles. The maximum atomic E-state index is 2.55. The number of aryl methyl sites for hydroxylation is 1. The van der Waals surface area contributed by atoms with Gasteiger partial charge in [-0.1, -0.05) is 171 Å². The van der Waals surface area contributed by atoms with Gasteiger partial charge in [0.2, 0.25) is 0 Å². The Morgan fingerprint density at radius 2 is 1.23 bits per heavy atom. The molecule has 0 bridgehead atoms. The third-order valence-corrected chi connectivity index (χ3v) is 14.2. The number of allylic oxidation sites excluding steroid dienone is 2. The molecule has 4 aromatic rings. The highest BCUT2D eigenvalue weighted by Crippen LogP contribution is 2.45. The lowest BCUT2D eigenvalue weighted by Crippen LogP contribution is -2.67. The molecule has 1 unspecified atom stereocenters. The fourth-order valence-electron chi connectivity index (χ4n) is 6.88. The van der Waals surface area contributed by atoms with Crippen LogP contribution in [0.25, 0.3) is 11.3 Å². The second-order valence-corrected chi connectivity index (χ2v) is 17.1. The SMILES string of the molecule is CCCCCc1ccc(/C=C2/C=C(c3ccccc3)[Si]2(c2ccccc2)c2c(C(C)C)cc(C(C)C)cc2C(C)C)cc1. The summed E-state index contributed by atoms with van der Waals surface area (Å²) in [5.41, 5.74) is 8.64. The van der Waals surface area contributed by atoms with Crippen LogP contribution in [0.15, 0.2) is 108 Å². The summed E-state index contributed by atoms with van der Waals surface area (Å²) in [6.45, 7) is 16.5. The van der Waals surface area contributed by atoms with Crippen LogP contribution in [0.5, 0.6) is 0 Å². The van der Waals surface area contributed by atoms with Gasteiger partial charge in [-0.15, -0.1) is 0 Å². The van der Waals surface area contributed by atoms with Crippen LogP contribution in [0.1, 0.15) is 119 Å². The van der Waals surface area contributed by atoms with Gasteiger partial charge in [-0.25, -0.2) is 0 Å². The first kappa shape index (κ1) is 31.0. The zero-order valence-electron chi connectivity index (χ0n) is 27.5. The molecule has 0 saturated heterocycles. The van der Waals surface area contributed by atoms with E-state index in [4.69, 9.17) is 0 Å². The average molecular weight is 583 g/mol. The van der Waals surface area contributed by atoms with E-state index >= 15 is 0 Å². The maximum absolute atomic E-state index is 2.57. The molecule has 0 spiro atoms. The highest BCUT2D eigenvalue weighted by molar-refractivity contribution is 7.23. The van der Waals surface area contributed by atoms with E-state index in [1.807, 2.05) is 0 Å². The standard InChI is InChI=1S/C42H50Si/c1-8-9-12-17-33-22-24-34(25-23-33)26-38-29-41(35-18-13-10-14-19-35)43(38,37-20-15-11-16-21-37)42-39(31(4)5)27-36(30(2)3)28-40(42)32(6)7/h10-11,13-16,18-32H,8-9,12,17H2,1-7H3/b38-26-. The average Bonchev–Trinajstić information content (AvgIpc) is 3.00. The zero-order valence-corrected chi connectivity index (χ0v) is 28.5. The van der Waals surface area contributed by atoms with E-state index < -0.39 is 8.07 Å². The summed E-state index contributed by atoms with van der Waals surface area (Å²) in [7, 11) is -2.57. The Balaban J connectivity index is 1.82. The van der Waals surface area contributed by atoms with Crippen LogP contribution in [-0.4, -0.2) is 8.07 Å². The molecule has 0 aromatic heterocycles. The van der Waals surface area contributed by atoms with Gasteiger partial charge >= 0.3 is 0 Å². The van der Waals surface area contributed by atoms with Crippen molar-refractivity contribution in [1.29, 1.82) is 0 Å². The van der Waals surface area contributed by atoms with Crippen molar-refractivity contribution in [3.8, 4) is 0 Å². The van der Waals surface area contributed by atoms with Gasteiger partial charge in [0.1, 0.15) is 0 Å². The Morgan fingerprint density at radius 3 is 1.77 bits per heavy atom. The Morgan fingerprint density at radius 1 is 0.651 bits per heavy atom. The van der Waals surface area contributed by atoms with Crippen molar-refractivity contribution in [3.05, 3.63) is 142 Å². The van der Waals surface area contributed by atoms with Gasteiger partial charge in [0.25, 0.3) is 0 Å². The topological polar surface area (TPSA) is 0 Å². The van der Waals surface area contributed by atoms with Crippen LogP contribution in [0.3, 0.4) is 0 Å². The maximum Gasteiger partial charge on any atom is 0.180 e. The monoisotopic (exact) mass is 582 g/mol. The van der Waals surface area contributed by atoms with Crippen LogP contribution in [0, 0.1) is 0 Å². The Labute approximate surface area is 262 Å². The highest BCUT2D eigenvalue weighted by atomic mass is 28.3. The molecule has 0 saturated carbocycles. The normalized spacial score (nSPS) is 17.5. The molecule has 222 valence electrons. The summed E-state index contributed by atoms with van der Waals surface area (Å²) in [5.74, 6) is 1.36. The van der Waals surface area contributed by atoms with Crippen LogP contribution in [0.2, 0.25) is 0 Å². The first-order chi connectivity index (χ1) is 20.8. The second-order valence-electron chi connectivity index (χ2n) is 13.4. The predicted octanol–water partition coefficient (Wildman–Crippen LogP) is 10.6. The van der Waals surface area contributed by atoms with E-state index in [0.717, 1.165) is 0 Å². The molecule has 1 aliphatic heterocycles. The molecule has 0 amide bonds. The molecule has 43 heavy (non-hydrogen) atoms. The van der Waals surface area contributed by atoms with E-state index in [0.29, 0.717) is 17.8 Å². The van der Waals surface area contributed by atoms with Gasteiger partial charge in [0.05, 0.1) is 0 Å². The number of unbranched alkanes of at least 4 members (excludes halogenated alkanes) is 2. The van der Waals surface area contributed by atoms with Crippen LogP contribution >= 0.6 is 0 Å². The molecular weight excluding hydrogens is 533 g/mol. The van der Waals surface area contributed by atoms with Gasteiger partial charge in [0.15, 0.2) is 8.07 Å². The van der Waals surface area contributed by atoms with E-state index in [-0.39, 0.29) is 0 Å². The molecule has 1 atom stereocenters. The number of benzene rings is 4. The molecule has 5 rings (SSSR count). The molecular formula is C42H50Si. The zero-order chi connectivity index (χ0) is 30.6. The fourth-order valence-corrected chi connectivity index (χ4v) is 12.4. The minimum absolute atomic E-state index is 0.431. The van der Waals surface area contributed by atoms with Crippen molar-refractivity contribution in [2.75, 3.05) is 0 Å². The van der Waals surface area contributed by atoms with Gasteiger partial charge < -0.3 is 0 Å². The van der Waals surface area contributed by atoms with Crippen molar-refractivity contribution in [3.63, 3.8) is 0 Å². The largest absolute Gasteiger partial charge is 0.180 e. The molecule has 1 heteroatoms. The third-order valence-electron chi connectivity index (χ3n) is 9.31. The van der Waals surface area contributed by atoms with E-state index in [1.54, 1.807) is 5.19 Å². The van der Waals surface area contributed by atoms with Crippen molar-refractivity contribution >= 4 is 29.7 Å². The number of rotatable bonds is 11. The minimum atomic E-state index is -2.57. The van der Waals surface area contributed by atoms with E-state index in [2.05, 4.69) is 158 Å². The quantitative estimate of drug-likeness (QED) is 0.122.